The molecule has 2 aromatic rings. The van der Waals surface area contributed by atoms with Crippen LogP contribution < -0.4 is 9.47 Å². The van der Waals surface area contributed by atoms with Crippen LogP contribution >= 0.6 is 0 Å². The van der Waals surface area contributed by atoms with Crippen molar-refractivity contribution in [2.24, 2.45) is 0 Å². The Morgan fingerprint density at radius 3 is 2.26 bits per heavy atom. The number of halogens is 2. The molecule has 0 aliphatic carbocycles. The zero-order valence-electron chi connectivity index (χ0n) is 16.5. The third-order valence-corrected chi connectivity index (χ3v) is 3.57. The summed E-state index contributed by atoms with van der Waals surface area (Å²) < 4.78 is 48.1. The van der Waals surface area contributed by atoms with Gasteiger partial charge in [-0.2, -0.15) is 0 Å². The maximum Gasteiger partial charge on any atom is 0.338 e. The minimum Gasteiger partial charge on any atom is -0.462 e. The summed E-state index contributed by atoms with van der Waals surface area (Å²) in [6.07, 6.45) is 4.96. The van der Waals surface area contributed by atoms with Gasteiger partial charge in [0.25, 0.3) is 0 Å². The summed E-state index contributed by atoms with van der Waals surface area (Å²) in [5.41, 5.74) is 0.596. The molecule has 31 heavy (non-hydrogen) atoms. The average molecular weight is 428 g/mol. The lowest BCUT2D eigenvalue weighted by atomic mass is 10.0. The van der Waals surface area contributed by atoms with Gasteiger partial charge in [-0.1, -0.05) is 19.2 Å². The highest BCUT2D eigenvalue weighted by atomic mass is 19.1. The molecule has 0 aliphatic heterocycles. The van der Waals surface area contributed by atoms with Gasteiger partial charge in [0.2, 0.25) is 0 Å². The van der Waals surface area contributed by atoms with E-state index in [9.17, 15) is 18.4 Å². The van der Waals surface area contributed by atoms with Gasteiger partial charge in [-0.05, 0) is 36.8 Å². The molecule has 8 heteroatoms. The van der Waals surface area contributed by atoms with Crippen LogP contribution in [0.1, 0.15) is 6.92 Å². The lowest BCUT2D eigenvalue weighted by Gasteiger charge is -2.08. The quantitative estimate of drug-likeness (QED) is 0.311. The Bertz CT molecular complexity index is 1060. The molecule has 0 amide bonds. The van der Waals surface area contributed by atoms with E-state index < -0.39 is 23.6 Å². The molecule has 0 heterocycles. The largest absolute Gasteiger partial charge is 0.462 e. The zero-order valence-corrected chi connectivity index (χ0v) is 16.5. The first-order valence-corrected chi connectivity index (χ1v) is 8.74. The summed E-state index contributed by atoms with van der Waals surface area (Å²) in [6.45, 7) is 8.12. The van der Waals surface area contributed by atoms with E-state index in [-0.39, 0.29) is 28.2 Å². The normalized spacial score (nSPS) is 10.7. The Kier molecular flexibility index (Phi) is 8.27. The SMILES string of the molecule is C=CC(=O)O/C=C\Oc1ccc(-c2ccc(O/C=C\OC(=O)C(=C)C)c(F)c2)c(F)c1. The Balaban J connectivity index is 2.04. The molecule has 0 spiro atoms. The van der Waals surface area contributed by atoms with Crippen LogP contribution in [-0.4, -0.2) is 11.9 Å². The highest BCUT2D eigenvalue weighted by Crippen LogP contribution is 2.29. The van der Waals surface area contributed by atoms with Gasteiger partial charge in [-0.3, -0.25) is 0 Å². The molecule has 160 valence electrons. The molecule has 0 radical (unpaired) electrons. The zero-order chi connectivity index (χ0) is 22.8. The van der Waals surface area contributed by atoms with Crippen LogP contribution in [0.2, 0.25) is 0 Å². The number of benzene rings is 2. The van der Waals surface area contributed by atoms with Gasteiger partial charge in [0, 0.05) is 23.3 Å². The van der Waals surface area contributed by atoms with E-state index in [1.807, 2.05) is 0 Å². The van der Waals surface area contributed by atoms with Crippen LogP contribution in [0.3, 0.4) is 0 Å². The minimum absolute atomic E-state index is 0.130. The Morgan fingerprint density at radius 1 is 0.903 bits per heavy atom. The van der Waals surface area contributed by atoms with Gasteiger partial charge < -0.3 is 18.9 Å². The topological polar surface area (TPSA) is 71.1 Å². The van der Waals surface area contributed by atoms with E-state index in [4.69, 9.17) is 9.47 Å². The predicted molar refractivity (Wildman–Crippen MR) is 109 cm³/mol. The third-order valence-electron chi connectivity index (χ3n) is 3.57. The molecule has 0 fully saturated rings. The molecule has 0 atom stereocenters. The number of hydrogen-bond acceptors (Lipinski definition) is 6. The number of ether oxygens (including phenoxy) is 4. The molecular formula is C23H18F2O6. The number of rotatable bonds is 9. The fraction of sp³-hybridized carbons (Fsp3) is 0.0435. The number of hydrogen-bond donors (Lipinski definition) is 0. The molecule has 0 aromatic heterocycles. The predicted octanol–water partition coefficient (Wildman–Crippen LogP) is 5.18. The smallest absolute Gasteiger partial charge is 0.338 e. The summed E-state index contributed by atoms with van der Waals surface area (Å²) in [4.78, 5) is 22.1. The number of carbonyl (C=O) groups excluding carboxylic acids is 2. The first-order chi connectivity index (χ1) is 14.8. The Labute approximate surface area is 177 Å². The maximum atomic E-state index is 14.4. The molecule has 0 saturated carbocycles. The van der Waals surface area contributed by atoms with Gasteiger partial charge >= 0.3 is 11.9 Å². The molecule has 2 rings (SSSR count). The van der Waals surface area contributed by atoms with Crippen LogP contribution in [-0.2, 0) is 19.1 Å². The fourth-order valence-electron chi connectivity index (χ4n) is 2.11. The summed E-state index contributed by atoms with van der Waals surface area (Å²) >= 11 is 0. The van der Waals surface area contributed by atoms with Crippen molar-refractivity contribution in [3.63, 3.8) is 0 Å². The third kappa shape index (κ3) is 6.97. The van der Waals surface area contributed by atoms with Gasteiger partial charge in [0.05, 0.1) is 0 Å². The van der Waals surface area contributed by atoms with Crippen molar-refractivity contribution in [1.82, 2.24) is 0 Å². The van der Waals surface area contributed by atoms with Crippen molar-refractivity contribution in [2.75, 3.05) is 0 Å². The highest BCUT2D eigenvalue weighted by molar-refractivity contribution is 5.87. The van der Waals surface area contributed by atoms with Crippen LogP contribution in [0.25, 0.3) is 11.1 Å². The minimum atomic E-state index is -0.750. The van der Waals surface area contributed by atoms with Crippen LogP contribution in [0.15, 0.2) is 86.3 Å². The van der Waals surface area contributed by atoms with E-state index >= 15 is 0 Å². The summed E-state index contributed by atoms with van der Waals surface area (Å²) in [6, 6.07) is 7.81. The number of carbonyl (C=O) groups is 2. The van der Waals surface area contributed by atoms with Gasteiger partial charge in [0.15, 0.2) is 11.6 Å². The van der Waals surface area contributed by atoms with Crippen molar-refractivity contribution >= 4 is 11.9 Å². The average Bonchev–Trinajstić information content (AvgIpc) is 2.74. The maximum absolute atomic E-state index is 14.4. The lowest BCUT2D eigenvalue weighted by Crippen LogP contribution is -1.99. The first-order valence-electron chi connectivity index (χ1n) is 8.74. The summed E-state index contributed by atoms with van der Waals surface area (Å²) in [7, 11) is 0. The second-order valence-corrected chi connectivity index (χ2v) is 5.89. The fourth-order valence-corrected chi connectivity index (χ4v) is 2.11. The molecule has 6 nitrogen and oxygen atoms in total. The van der Waals surface area contributed by atoms with Crippen molar-refractivity contribution in [3.8, 4) is 22.6 Å². The van der Waals surface area contributed by atoms with Gasteiger partial charge in [-0.25, -0.2) is 18.4 Å². The van der Waals surface area contributed by atoms with E-state index in [0.717, 1.165) is 43.3 Å². The van der Waals surface area contributed by atoms with Crippen molar-refractivity contribution < 1.29 is 37.3 Å². The van der Waals surface area contributed by atoms with Gasteiger partial charge in [-0.15, -0.1) is 0 Å². The standard InChI is InChI=1S/C23H18F2O6/c1-4-22(26)30-11-9-28-17-6-7-18(19(24)14-17)16-5-8-21(20(25)13-16)29-10-12-31-23(27)15(2)3/h4-14H,1-2H2,3H3/b11-9-,12-10-. The molecule has 0 saturated heterocycles. The second-order valence-electron chi connectivity index (χ2n) is 5.89. The van der Waals surface area contributed by atoms with Crippen molar-refractivity contribution in [2.45, 2.75) is 6.92 Å². The van der Waals surface area contributed by atoms with Gasteiger partial charge in [0.1, 0.15) is 36.6 Å². The highest BCUT2D eigenvalue weighted by Gasteiger charge is 2.11. The van der Waals surface area contributed by atoms with E-state index in [1.165, 1.54) is 31.2 Å². The molecular weight excluding hydrogens is 410 g/mol. The van der Waals surface area contributed by atoms with Crippen LogP contribution in [0.4, 0.5) is 8.78 Å². The summed E-state index contributed by atoms with van der Waals surface area (Å²) in [5.74, 6) is -2.73. The van der Waals surface area contributed by atoms with Crippen LogP contribution in [0.5, 0.6) is 11.5 Å². The lowest BCUT2D eigenvalue weighted by molar-refractivity contribution is -0.134. The van der Waals surface area contributed by atoms with E-state index in [1.54, 1.807) is 0 Å². The van der Waals surface area contributed by atoms with E-state index in [2.05, 4.69) is 22.6 Å². The first kappa shape index (κ1) is 23.1. The molecule has 2 aromatic carbocycles. The monoisotopic (exact) mass is 428 g/mol. The van der Waals surface area contributed by atoms with Crippen molar-refractivity contribution in [1.29, 1.82) is 0 Å². The molecule has 0 N–H and O–H groups in total. The molecule has 0 bridgehead atoms. The molecule has 0 unspecified atom stereocenters. The molecule has 0 aliphatic rings. The number of esters is 2. The van der Waals surface area contributed by atoms with E-state index in [0.29, 0.717) is 0 Å². The Hall–Kier alpha value is -4.20. The summed E-state index contributed by atoms with van der Waals surface area (Å²) in [5, 5.41) is 0. The Morgan fingerprint density at radius 2 is 1.61 bits per heavy atom. The van der Waals surface area contributed by atoms with Crippen LogP contribution in [0, 0.1) is 11.6 Å². The second kappa shape index (κ2) is 11.1. The van der Waals surface area contributed by atoms with Crippen molar-refractivity contribution in [3.05, 3.63) is 97.9 Å².